The molecule has 1 saturated carbocycles. The van der Waals surface area contributed by atoms with E-state index in [0.29, 0.717) is 0 Å². The fourth-order valence-corrected chi connectivity index (χ4v) is 2.72. The number of halogens is 2. The highest BCUT2D eigenvalue weighted by atomic mass is 79.9. The van der Waals surface area contributed by atoms with Crippen molar-refractivity contribution in [3.63, 3.8) is 0 Å². The predicted molar refractivity (Wildman–Crippen MR) is 59.1 cm³/mol. The molecule has 0 atom stereocenters. The molecule has 0 radical (unpaired) electrons. The van der Waals surface area contributed by atoms with Gasteiger partial charge in [-0.15, -0.1) is 0 Å². The smallest absolute Gasteiger partial charge is 0.0445 e. The van der Waals surface area contributed by atoms with E-state index in [2.05, 4.69) is 27.3 Å². The summed E-state index contributed by atoms with van der Waals surface area (Å²) < 4.78 is 1.10. The van der Waals surface area contributed by atoms with Crippen molar-refractivity contribution in [1.82, 2.24) is 5.32 Å². The van der Waals surface area contributed by atoms with Crippen LogP contribution in [0.1, 0.15) is 18.4 Å². The van der Waals surface area contributed by atoms with Crippen LogP contribution in [-0.4, -0.2) is 7.05 Å². The normalized spacial score (nSPS) is 18.7. The molecule has 3 heteroatoms. The van der Waals surface area contributed by atoms with Gasteiger partial charge in [-0.3, -0.25) is 0 Å². The topological polar surface area (TPSA) is 12.0 Å². The molecule has 1 aromatic rings. The van der Waals surface area contributed by atoms with Gasteiger partial charge in [0.15, 0.2) is 0 Å². The molecular formula is C10H11BrClN. The summed E-state index contributed by atoms with van der Waals surface area (Å²) >= 11 is 9.42. The van der Waals surface area contributed by atoms with Crippen molar-refractivity contribution in [1.29, 1.82) is 0 Å². The predicted octanol–water partition coefficient (Wildman–Crippen LogP) is 3.31. The second kappa shape index (κ2) is 3.26. The Morgan fingerprint density at radius 2 is 2.15 bits per heavy atom. The van der Waals surface area contributed by atoms with E-state index in [-0.39, 0.29) is 5.54 Å². The molecule has 0 bridgehead atoms. The number of hydrogen-bond donors (Lipinski definition) is 1. The van der Waals surface area contributed by atoms with E-state index in [1.807, 2.05) is 19.2 Å². The minimum atomic E-state index is 0.212. The monoisotopic (exact) mass is 259 g/mol. The Morgan fingerprint density at radius 3 is 2.62 bits per heavy atom. The fourth-order valence-electron chi connectivity index (χ4n) is 1.66. The van der Waals surface area contributed by atoms with E-state index in [9.17, 15) is 0 Å². The standard InChI is InChI=1S/C10H11BrClN/c1-13-10(4-5-10)8-3-2-7(12)6-9(8)11/h2-3,6,13H,4-5H2,1H3. The van der Waals surface area contributed by atoms with Gasteiger partial charge in [0.05, 0.1) is 0 Å². The summed E-state index contributed by atoms with van der Waals surface area (Å²) in [7, 11) is 2.01. The molecule has 0 aromatic heterocycles. The van der Waals surface area contributed by atoms with Crippen LogP contribution in [-0.2, 0) is 5.54 Å². The van der Waals surface area contributed by atoms with E-state index in [4.69, 9.17) is 11.6 Å². The maximum atomic E-state index is 5.88. The molecule has 0 aliphatic heterocycles. The second-order valence-electron chi connectivity index (χ2n) is 3.46. The third-order valence-corrected chi connectivity index (χ3v) is 3.57. The lowest BCUT2D eigenvalue weighted by atomic mass is 10.1. The lowest BCUT2D eigenvalue weighted by Crippen LogP contribution is -2.24. The number of benzene rings is 1. The first-order chi connectivity index (χ1) is 6.18. The van der Waals surface area contributed by atoms with Crippen LogP contribution in [0.15, 0.2) is 22.7 Å². The van der Waals surface area contributed by atoms with Crippen LogP contribution >= 0.6 is 27.5 Å². The van der Waals surface area contributed by atoms with Crippen LogP contribution in [0.3, 0.4) is 0 Å². The van der Waals surface area contributed by atoms with Crippen molar-refractivity contribution in [3.8, 4) is 0 Å². The Kier molecular flexibility index (Phi) is 2.39. The third kappa shape index (κ3) is 1.63. The van der Waals surface area contributed by atoms with Crippen LogP contribution in [0.2, 0.25) is 5.02 Å². The zero-order valence-electron chi connectivity index (χ0n) is 7.40. The van der Waals surface area contributed by atoms with Crippen molar-refractivity contribution in [3.05, 3.63) is 33.3 Å². The van der Waals surface area contributed by atoms with Crippen molar-refractivity contribution >= 4 is 27.5 Å². The number of rotatable bonds is 2. The van der Waals surface area contributed by atoms with Crippen molar-refractivity contribution in [2.75, 3.05) is 7.05 Å². The Morgan fingerprint density at radius 1 is 1.46 bits per heavy atom. The molecule has 0 saturated heterocycles. The Labute approximate surface area is 91.6 Å². The largest absolute Gasteiger partial charge is 0.310 e. The van der Waals surface area contributed by atoms with E-state index in [1.165, 1.54) is 18.4 Å². The van der Waals surface area contributed by atoms with E-state index >= 15 is 0 Å². The van der Waals surface area contributed by atoms with Crippen LogP contribution in [0, 0.1) is 0 Å². The summed E-state index contributed by atoms with van der Waals surface area (Å²) in [4.78, 5) is 0. The van der Waals surface area contributed by atoms with Gasteiger partial charge in [-0.25, -0.2) is 0 Å². The zero-order chi connectivity index (χ0) is 9.47. The van der Waals surface area contributed by atoms with E-state index in [0.717, 1.165) is 9.50 Å². The maximum absolute atomic E-state index is 5.88. The van der Waals surface area contributed by atoms with Crippen LogP contribution < -0.4 is 5.32 Å². The molecule has 1 N–H and O–H groups in total. The SMILES string of the molecule is CNC1(c2ccc(Cl)cc2Br)CC1. The maximum Gasteiger partial charge on any atom is 0.0445 e. The van der Waals surface area contributed by atoms with E-state index < -0.39 is 0 Å². The van der Waals surface area contributed by atoms with Gasteiger partial charge < -0.3 is 5.32 Å². The Hall–Kier alpha value is -0.0500. The van der Waals surface area contributed by atoms with Gasteiger partial charge in [0.2, 0.25) is 0 Å². The highest BCUT2D eigenvalue weighted by Crippen LogP contribution is 2.47. The molecule has 70 valence electrons. The van der Waals surface area contributed by atoms with Gasteiger partial charge in [0, 0.05) is 15.0 Å². The summed E-state index contributed by atoms with van der Waals surface area (Å²) in [5.41, 5.74) is 1.53. The Bertz CT molecular complexity index is 334. The van der Waals surface area contributed by atoms with Crippen molar-refractivity contribution in [2.24, 2.45) is 0 Å². The average Bonchev–Trinajstić information content (AvgIpc) is 2.85. The zero-order valence-corrected chi connectivity index (χ0v) is 9.74. The average molecular weight is 261 g/mol. The lowest BCUT2D eigenvalue weighted by molar-refractivity contribution is 0.583. The Balaban J connectivity index is 2.41. The third-order valence-electron chi connectivity index (χ3n) is 2.68. The van der Waals surface area contributed by atoms with Crippen molar-refractivity contribution in [2.45, 2.75) is 18.4 Å². The summed E-state index contributed by atoms with van der Waals surface area (Å²) in [6.45, 7) is 0. The second-order valence-corrected chi connectivity index (χ2v) is 4.75. The first-order valence-electron chi connectivity index (χ1n) is 4.32. The molecule has 0 spiro atoms. The summed E-state index contributed by atoms with van der Waals surface area (Å²) in [6, 6.07) is 5.99. The highest BCUT2D eigenvalue weighted by Gasteiger charge is 2.43. The van der Waals surface area contributed by atoms with Crippen LogP contribution in [0.4, 0.5) is 0 Å². The lowest BCUT2D eigenvalue weighted by Gasteiger charge is -2.16. The van der Waals surface area contributed by atoms with Gasteiger partial charge in [-0.05, 0) is 37.6 Å². The summed E-state index contributed by atoms with van der Waals surface area (Å²) in [5, 5.41) is 4.14. The van der Waals surface area contributed by atoms with Gasteiger partial charge in [0.25, 0.3) is 0 Å². The van der Waals surface area contributed by atoms with Crippen molar-refractivity contribution < 1.29 is 0 Å². The molecule has 1 aromatic carbocycles. The molecule has 13 heavy (non-hydrogen) atoms. The fraction of sp³-hybridized carbons (Fsp3) is 0.400. The van der Waals surface area contributed by atoms with Gasteiger partial charge in [-0.2, -0.15) is 0 Å². The molecule has 1 aliphatic carbocycles. The summed E-state index contributed by atoms with van der Waals surface area (Å²) in [5.74, 6) is 0. The quantitative estimate of drug-likeness (QED) is 0.860. The molecule has 0 unspecified atom stereocenters. The molecular weight excluding hydrogens is 249 g/mol. The molecule has 1 fully saturated rings. The van der Waals surface area contributed by atoms with Gasteiger partial charge >= 0.3 is 0 Å². The van der Waals surface area contributed by atoms with Gasteiger partial charge in [-0.1, -0.05) is 33.6 Å². The molecule has 2 rings (SSSR count). The minimum Gasteiger partial charge on any atom is -0.310 e. The summed E-state index contributed by atoms with van der Waals surface area (Å²) in [6.07, 6.45) is 2.42. The number of hydrogen-bond acceptors (Lipinski definition) is 1. The first-order valence-corrected chi connectivity index (χ1v) is 5.49. The molecule has 1 nitrogen and oxygen atoms in total. The van der Waals surface area contributed by atoms with Crippen LogP contribution in [0.25, 0.3) is 0 Å². The molecule has 0 amide bonds. The minimum absolute atomic E-state index is 0.212. The first kappa shape index (κ1) is 9.50. The molecule has 1 aliphatic rings. The van der Waals surface area contributed by atoms with Crippen LogP contribution in [0.5, 0.6) is 0 Å². The van der Waals surface area contributed by atoms with E-state index in [1.54, 1.807) is 0 Å². The van der Waals surface area contributed by atoms with Gasteiger partial charge in [0.1, 0.15) is 0 Å². The number of nitrogens with one attached hydrogen (secondary N) is 1. The highest BCUT2D eigenvalue weighted by molar-refractivity contribution is 9.10. The molecule has 0 heterocycles.